The van der Waals surface area contributed by atoms with Gasteiger partial charge in [0.1, 0.15) is 0 Å². The zero-order valence-electron chi connectivity index (χ0n) is 9.39. The van der Waals surface area contributed by atoms with Crippen molar-refractivity contribution in [1.82, 2.24) is 0 Å². The van der Waals surface area contributed by atoms with Crippen molar-refractivity contribution in [3.8, 4) is 0 Å². The number of hydrogen-bond acceptors (Lipinski definition) is 2. The van der Waals surface area contributed by atoms with Gasteiger partial charge in [-0.1, -0.05) is 37.0 Å². The summed E-state index contributed by atoms with van der Waals surface area (Å²) < 4.78 is 0. The van der Waals surface area contributed by atoms with Crippen molar-refractivity contribution in [2.75, 3.05) is 5.73 Å². The number of anilines is 1. The summed E-state index contributed by atoms with van der Waals surface area (Å²) in [5, 5.41) is 0.667. The van der Waals surface area contributed by atoms with Gasteiger partial charge in [0.25, 0.3) is 0 Å². The average molecular weight is 260 g/mol. The van der Waals surface area contributed by atoms with Crippen molar-refractivity contribution in [3.05, 3.63) is 27.7 Å². The van der Waals surface area contributed by atoms with E-state index in [4.69, 9.17) is 28.9 Å². The number of carbonyl (C=O) groups is 1. The molecule has 4 heteroatoms. The minimum atomic E-state index is 0.0532. The molecular formula is C12H15Cl2NO. The summed E-state index contributed by atoms with van der Waals surface area (Å²) in [6.45, 7) is 4.16. The molecule has 0 aliphatic rings. The maximum atomic E-state index is 11.8. The van der Waals surface area contributed by atoms with Crippen molar-refractivity contribution < 1.29 is 4.79 Å². The molecule has 0 saturated carbocycles. The molecule has 0 radical (unpaired) electrons. The standard InChI is InChI=1S/C12H15Cl2NO/c1-7(2)3-4-11(16)8-5-9(13)12(15)10(14)6-8/h5-7H,3-4,15H2,1-2H3. The molecule has 0 saturated heterocycles. The number of rotatable bonds is 4. The van der Waals surface area contributed by atoms with E-state index in [0.29, 0.717) is 33.6 Å². The minimum Gasteiger partial charge on any atom is -0.396 e. The van der Waals surface area contributed by atoms with Gasteiger partial charge in [0.05, 0.1) is 15.7 Å². The Morgan fingerprint density at radius 1 is 1.31 bits per heavy atom. The Morgan fingerprint density at radius 2 is 1.81 bits per heavy atom. The second-order valence-corrected chi connectivity index (χ2v) is 5.02. The third kappa shape index (κ3) is 3.39. The average Bonchev–Trinajstić information content (AvgIpc) is 2.21. The quantitative estimate of drug-likeness (QED) is 0.651. The molecule has 0 amide bonds. The van der Waals surface area contributed by atoms with Gasteiger partial charge in [0.15, 0.2) is 5.78 Å². The molecule has 1 aromatic carbocycles. The number of ketones is 1. The maximum Gasteiger partial charge on any atom is 0.162 e. The number of hydrogen-bond donors (Lipinski definition) is 1. The normalized spacial score (nSPS) is 10.8. The summed E-state index contributed by atoms with van der Waals surface area (Å²) in [5.41, 5.74) is 6.45. The highest BCUT2D eigenvalue weighted by Crippen LogP contribution is 2.29. The van der Waals surface area contributed by atoms with E-state index in [2.05, 4.69) is 13.8 Å². The van der Waals surface area contributed by atoms with E-state index in [9.17, 15) is 4.79 Å². The van der Waals surface area contributed by atoms with E-state index in [0.717, 1.165) is 6.42 Å². The second-order valence-electron chi connectivity index (χ2n) is 4.21. The lowest BCUT2D eigenvalue weighted by molar-refractivity contribution is 0.0975. The molecule has 0 fully saturated rings. The van der Waals surface area contributed by atoms with E-state index in [1.807, 2.05) is 0 Å². The van der Waals surface area contributed by atoms with Crippen LogP contribution in [0.4, 0.5) is 5.69 Å². The topological polar surface area (TPSA) is 43.1 Å². The lowest BCUT2D eigenvalue weighted by Crippen LogP contribution is -2.02. The summed E-state index contributed by atoms with van der Waals surface area (Å²) in [7, 11) is 0. The summed E-state index contributed by atoms with van der Waals surface area (Å²) in [6, 6.07) is 3.15. The fraction of sp³-hybridized carbons (Fsp3) is 0.417. The van der Waals surface area contributed by atoms with Crippen LogP contribution < -0.4 is 5.73 Å². The van der Waals surface area contributed by atoms with Gasteiger partial charge in [0, 0.05) is 12.0 Å². The summed E-state index contributed by atoms with van der Waals surface area (Å²) >= 11 is 11.7. The zero-order chi connectivity index (χ0) is 12.3. The van der Waals surface area contributed by atoms with Crippen LogP contribution in [-0.4, -0.2) is 5.78 Å². The Labute approximate surface area is 106 Å². The zero-order valence-corrected chi connectivity index (χ0v) is 10.9. The van der Waals surface area contributed by atoms with Crippen LogP contribution in [0.3, 0.4) is 0 Å². The van der Waals surface area contributed by atoms with E-state index < -0.39 is 0 Å². The van der Waals surface area contributed by atoms with Gasteiger partial charge in [0.2, 0.25) is 0 Å². The first-order valence-corrected chi connectivity index (χ1v) is 5.95. The molecule has 88 valence electrons. The fourth-order valence-electron chi connectivity index (χ4n) is 1.31. The summed E-state index contributed by atoms with van der Waals surface area (Å²) in [6.07, 6.45) is 1.37. The van der Waals surface area contributed by atoms with Crippen LogP contribution in [0.15, 0.2) is 12.1 Å². The van der Waals surface area contributed by atoms with Crippen molar-refractivity contribution in [2.24, 2.45) is 5.92 Å². The van der Waals surface area contributed by atoms with E-state index >= 15 is 0 Å². The molecule has 0 aromatic heterocycles. The van der Waals surface area contributed by atoms with E-state index in [-0.39, 0.29) is 5.78 Å². The minimum absolute atomic E-state index is 0.0532. The molecule has 0 spiro atoms. The predicted molar refractivity (Wildman–Crippen MR) is 69.3 cm³/mol. The highest BCUT2D eigenvalue weighted by Gasteiger charge is 2.11. The smallest absolute Gasteiger partial charge is 0.162 e. The van der Waals surface area contributed by atoms with Crippen LogP contribution in [0, 0.1) is 5.92 Å². The number of benzene rings is 1. The second kappa shape index (κ2) is 5.55. The maximum absolute atomic E-state index is 11.8. The van der Waals surface area contributed by atoms with Gasteiger partial charge >= 0.3 is 0 Å². The van der Waals surface area contributed by atoms with Gasteiger partial charge in [-0.2, -0.15) is 0 Å². The van der Waals surface area contributed by atoms with Gasteiger partial charge < -0.3 is 5.73 Å². The van der Waals surface area contributed by atoms with E-state index in [1.165, 1.54) is 0 Å². The predicted octanol–water partition coefficient (Wildman–Crippen LogP) is 4.19. The lowest BCUT2D eigenvalue weighted by Gasteiger charge is -2.07. The fourth-order valence-corrected chi connectivity index (χ4v) is 1.80. The molecule has 0 atom stereocenters. The van der Waals surface area contributed by atoms with E-state index in [1.54, 1.807) is 12.1 Å². The van der Waals surface area contributed by atoms with Crippen LogP contribution >= 0.6 is 23.2 Å². The van der Waals surface area contributed by atoms with Crippen molar-refractivity contribution in [3.63, 3.8) is 0 Å². The summed E-state index contributed by atoms with van der Waals surface area (Å²) in [5.74, 6) is 0.557. The molecule has 2 nitrogen and oxygen atoms in total. The highest BCUT2D eigenvalue weighted by molar-refractivity contribution is 6.39. The molecule has 0 bridgehead atoms. The molecule has 2 N–H and O–H groups in total. The SMILES string of the molecule is CC(C)CCC(=O)c1cc(Cl)c(N)c(Cl)c1. The largest absolute Gasteiger partial charge is 0.396 e. The third-order valence-electron chi connectivity index (χ3n) is 2.35. The van der Waals surface area contributed by atoms with Crippen LogP contribution in [-0.2, 0) is 0 Å². The molecule has 0 aliphatic carbocycles. The van der Waals surface area contributed by atoms with Crippen LogP contribution in [0.25, 0.3) is 0 Å². The third-order valence-corrected chi connectivity index (χ3v) is 2.98. The molecule has 1 aromatic rings. The van der Waals surface area contributed by atoms with Crippen LogP contribution in [0.1, 0.15) is 37.0 Å². The molecule has 16 heavy (non-hydrogen) atoms. The van der Waals surface area contributed by atoms with Crippen LogP contribution in [0.2, 0.25) is 10.0 Å². The Hall–Kier alpha value is -0.730. The first-order chi connectivity index (χ1) is 7.41. The van der Waals surface area contributed by atoms with Crippen molar-refractivity contribution in [2.45, 2.75) is 26.7 Å². The number of nitrogen functional groups attached to an aromatic ring is 1. The monoisotopic (exact) mass is 259 g/mol. The van der Waals surface area contributed by atoms with Crippen molar-refractivity contribution >= 4 is 34.7 Å². The van der Waals surface area contributed by atoms with Crippen LogP contribution in [0.5, 0.6) is 0 Å². The molecule has 1 rings (SSSR count). The highest BCUT2D eigenvalue weighted by atomic mass is 35.5. The number of carbonyl (C=O) groups excluding carboxylic acids is 1. The Balaban J connectivity index is 2.84. The first kappa shape index (κ1) is 13.3. The Bertz CT molecular complexity index is 379. The lowest BCUT2D eigenvalue weighted by atomic mass is 10.0. The Kier molecular flexibility index (Phi) is 4.63. The Morgan fingerprint density at radius 3 is 2.25 bits per heavy atom. The molecular weight excluding hydrogens is 245 g/mol. The summed E-state index contributed by atoms with van der Waals surface area (Å²) in [4.78, 5) is 11.8. The number of nitrogens with two attached hydrogens (primary N) is 1. The molecule has 0 aliphatic heterocycles. The number of Topliss-reactive ketones (excluding diaryl/α,β-unsaturated/α-hetero) is 1. The first-order valence-electron chi connectivity index (χ1n) is 5.19. The number of halogens is 2. The van der Waals surface area contributed by atoms with Gasteiger partial charge in [-0.15, -0.1) is 0 Å². The molecule has 0 unspecified atom stereocenters. The molecule has 0 heterocycles. The van der Waals surface area contributed by atoms with Gasteiger partial charge in [-0.05, 0) is 24.5 Å². The van der Waals surface area contributed by atoms with Crippen molar-refractivity contribution in [1.29, 1.82) is 0 Å². The van der Waals surface area contributed by atoms with Gasteiger partial charge in [-0.25, -0.2) is 0 Å². The van der Waals surface area contributed by atoms with Gasteiger partial charge in [-0.3, -0.25) is 4.79 Å².